The fraction of sp³-hybridized carbons (Fsp3) is 0.333. The number of halogens is 1. The van der Waals surface area contributed by atoms with Crippen molar-refractivity contribution in [1.82, 2.24) is 5.32 Å². The topological polar surface area (TPSA) is 144 Å². The number of fused-ring (bicyclic) bond motifs is 2. The molecule has 0 saturated carbocycles. The van der Waals surface area contributed by atoms with Crippen molar-refractivity contribution in [2.75, 3.05) is 28.7 Å². The van der Waals surface area contributed by atoms with E-state index < -0.39 is 24.0 Å². The maximum Gasteiger partial charge on any atom is 0.259 e. The van der Waals surface area contributed by atoms with Gasteiger partial charge in [0, 0.05) is 41.6 Å². The van der Waals surface area contributed by atoms with Crippen LogP contribution in [-0.4, -0.2) is 54.0 Å². The molecular formula is C24H26ClN5O5. The Labute approximate surface area is 207 Å². The van der Waals surface area contributed by atoms with Crippen LogP contribution in [0, 0.1) is 11.3 Å². The van der Waals surface area contributed by atoms with Gasteiger partial charge in [-0.3, -0.25) is 19.8 Å². The molecule has 0 bridgehead atoms. The first-order valence-corrected chi connectivity index (χ1v) is 11.1. The summed E-state index contributed by atoms with van der Waals surface area (Å²) in [6, 6.07) is 10.5. The number of hydrogen-bond donors (Lipinski definition) is 5. The number of morpholine rings is 1. The van der Waals surface area contributed by atoms with Crippen molar-refractivity contribution in [2.24, 2.45) is 5.92 Å². The highest BCUT2D eigenvalue weighted by atomic mass is 35.5. The highest BCUT2D eigenvalue weighted by Crippen LogP contribution is 2.31. The molecule has 3 aliphatic heterocycles. The SMILES string of the molecule is CC1Cc2ccc(N3CCO[C@H]([C@@H](O)C(=O)Nc4ccc5c(c4)CNC5=N)C3=O)cc2NC1=O.Cl. The Morgan fingerprint density at radius 2 is 2.03 bits per heavy atom. The molecule has 2 aromatic rings. The van der Waals surface area contributed by atoms with Gasteiger partial charge in [-0.25, -0.2) is 0 Å². The molecule has 35 heavy (non-hydrogen) atoms. The standard InChI is InChI=1S/C24H25N5O5.ClH/c1-12-8-13-2-4-16(10-18(13)28-22(12)31)29-6-7-34-20(24(29)33)19(30)23(32)27-15-3-5-17-14(9-15)11-26-21(17)25;/h2-5,9-10,12,19-20,30H,6-8,11H2,1H3,(H2,25,26)(H,27,32)(H,28,31);1H/t12?,19-,20-;/m1./s1. The molecule has 0 radical (unpaired) electrons. The molecule has 0 spiro atoms. The van der Waals surface area contributed by atoms with Crippen molar-refractivity contribution in [2.45, 2.75) is 32.1 Å². The number of aliphatic hydroxyl groups is 1. The summed E-state index contributed by atoms with van der Waals surface area (Å²) >= 11 is 0. The zero-order valence-electron chi connectivity index (χ0n) is 19.0. The minimum atomic E-state index is -1.71. The second-order valence-corrected chi connectivity index (χ2v) is 8.75. The van der Waals surface area contributed by atoms with E-state index in [1.165, 1.54) is 4.90 Å². The van der Waals surface area contributed by atoms with Crippen molar-refractivity contribution in [1.29, 1.82) is 5.41 Å². The first kappa shape index (κ1) is 24.6. The maximum absolute atomic E-state index is 13.1. The second kappa shape index (κ2) is 9.65. The van der Waals surface area contributed by atoms with E-state index >= 15 is 0 Å². The Balaban J connectivity index is 0.00000289. The van der Waals surface area contributed by atoms with Crippen LogP contribution in [0.15, 0.2) is 36.4 Å². The number of hydrogen-bond acceptors (Lipinski definition) is 6. The second-order valence-electron chi connectivity index (χ2n) is 8.75. The van der Waals surface area contributed by atoms with Gasteiger partial charge in [0.15, 0.2) is 12.2 Å². The van der Waals surface area contributed by atoms with Crippen molar-refractivity contribution in [3.8, 4) is 0 Å². The molecule has 184 valence electrons. The van der Waals surface area contributed by atoms with E-state index in [2.05, 4.69) is 16.0 Å². The monoisotopic (exact) mass is 499 g/mol. The average molecular weight is 500 g/mol. The number of anilines is 3. The van der Waals surface area contributed by atoms with Crippen molar-refractivity contribution >= 4 is 53.0 Å². The van der Waals surface area contributed by atoms with Crippen LogP contribution in [0.5, 0.6) is 0 Å². The van der Waals surface area contributed by atoms with Crippen LogP contribution in [0.1, 0.15) is 23.6 Å². The Morgan fingerprint density at radius 1 is 1.23 bits per heavy atom. The molecule has 1 fully saturated rings. The minimum absolute atomic E-state index is 0. The van der Waals surface area contributed by atoms with Crippen molar-refractivity contribution < 1.29 is 24.2 Å². The molecule has 0 aliphatic carbocycles. The number of benzene rings is 2. The number of nitrogens with zero attached hydrogens (tertiary/aromatic N) is 1. The predicted molar refractivity (Wildman–Crippen MR) is 132 cm³/mol. The van der Waals surface area contributed by atoms with Crippen LogP contribution >= 0.6 is 12.4 Å². The molecule has 5 N–H and O–H groups in total. The van der Waals surface area contributed by atoms with E-state index in [9.17, 15) is 19.5 Å². The van der Waals surface area contributed by atoms with Crippen LogP contribution in [0.2, 0.25) is 0 Å². The Kier molecular flexibility index (Phi) is 6.79. The van der Waals surface area contributed by atoms with E-state index in [0.29, 0.717) is 35.9 Å². The lowest BCUT2D eigenvalue weighted by atomic mass is 9.94. The van der Waals surface area contributed by atoms with Crippen LogP contribution < -0.4 is 20.9 Å². The molecule has 3 atom stereocenters. The Morgan fingerprint density at radius 3 is 2.83 bits per heavy atom. The number of rotatable bonds is 4. The third-order valence-corrected chi connectivity index (χ3v) is 6.41. The highest BCUT2D eigenvalue weighted by molar-refractivity contribution is 6.05. The zero-order valence-corrected chi connectivity index (χ0v) is 19.8. The maximum atomic E-state index is 13.1. The first-order valence-electron chi connectivity index (χ1n) is 11.1. The number of carbonyl (C=O) groups is 3. The summed E-state index contributed by atoms with van der Waals surface area (Å²) in [7, 11) is 0. The van der Waals surface area contributed by atoms with Crippen LogP contribution in [-0.2, 0) is 32.1 Å². The molecule has 3 amide bonds. The summed E-state index contributed by atoms with van der Waals surface area (Å²) < 4.78 is 5.48. The molecule has 0 aromatic heterocycles. The number of amidine groups is 1. The van der Waals surface area contributed by atoms with E-state index in [1.807, 2.05) is 13.0 Å². The molecule has 1 saturated heterocycles. The smallest absolute Gasteiger partial charge is 0.259 e. The third-order valence-electron chi connectivity index (χ3n) is 6.41. The summed E-state index contributed by atoms with van der Waals surface area (Å²) in [5.74, 6) is -1.15. The van der Waals surface area contributed by atoms with Gasteiger partial charge in [0.1, 0.15) is 5.84 Å². The average Bonchev–Trinajstić information content (AvgIpc) is 3.19. The molecule has 10 nitrogen and oxygen atoms in total. The normalized spacial score (nSPS) is 21.8. The fourth-order valence-corrected chi connectivity index (χ4v) is 4.49. The van der Waals surface area contributed by atoms with E-state index in [1.54, 1.807) is 30.3 Å². The third kappa shape index (κ3) is 4.60. The fourth-order valence-electron chi connectivity index (χ4n) is 4.49. The number of aliphatic hydroxyl groups excluding tert-OH is 1. The summed E-state index contributed by atoms with van der Waals surface area (Å²) in [6.45, 7) is 2.75. The predicted octanol–water partition coefficient (Wildman–Crippen LogP) is 1.40. The lowest BCUT2D eigenvalue weighted by Crippen LogP contribution is -2.55. The van der Waals surface area contributed by atoms with Crippen molar-refractivity contribution in [3.63, 3.8) is 0 Å². The highest BCUT2D eigenvalue weighted by Gasteiger charge is 2.39. The van der Waals surface area contributed by atoms with E-state index in [0.717, 1.165) is 16.7 Å². The van der Waals surface area contributed by atoms with Gasteiger partial charge in [0.2, 0.25) is 5.91 Å². The number of amides is 3. The molecule has 1 unspecified atom stereocenters. The first-order chi connectivity index (χ1) is 16.3. The summed E-state index contributed by atoms with van der Waals surface area (Å²) in [4.78, 5) is 39.4. The molecule has 2 aromatic carbocycles. The van der Waals surface area contributed by atoms with Gasteiger partial charge in [0.05, 0.1) is 6.61 Å². The van der Waals surface area contributed by atoms with Gasteiger partial charge in [-0.1, -0.05) is 13.0 Å². The molecular weight excluding hydrogens is 474 g/mol. The van der Waals surface area contributed by atoms with Gasteiger partial charge in [-0.05, 0) is 47.9 Å². The Bertz CT molecular complexity index is 1220. The number of carbonyl (C=O) groups excluding carboxylic acids is 3. The summed E-state index contributed by atoms with van der Waals surface area (Å²) in [5, 5.41) is 26.9. The van der Waals surface area contributed by atoms with Gasteiger partial charge in [0.25, 0.3) is 11.8 Å². The largest absolute Gasteiger partial charge is 0.380 e. The summed E-state index contributed by atoms with van der Waals surface area (Å²) in [5.41, 5.74) is 4.30. The number of ether oxygens (including phenoxy) is 1. The lowest BCUT2D eigenvalue weighted by Gasteiger charge is -2.34. The molecule has 3 aliphatic rings. The van der Waals surface area contributed by atoms with Gasteiger partial charge >= 0.3 is 0 Å². The Hall–Kier alpha value is -3.47. The zero-order chi connectivity index (χ0) is 24.0. The minimum Gasteiger partial charge on any atom is -0.380 e. The van der Waals surface area contributed by atoms with Gasteiger partial charge in [-0.2, -0.15) is 0 Å². The molecule has 3 heterocycles. The quantitative estimate of drug-likeness (QED) is 0.430. The van der Waals surface area contributed by atoms with Crippen molar-refractivity contribution in [3.05, 3.63) is 53.1 Å². The van der Waals surface area contributed by atoms with Crippen LogP contribution in [0.25, 0.3) is 0 Å². The van der Waals surface area contributed by atoms with E-state index in [4.69, 9.17) is 10.1 Å². The number of nitrogens with one attached hydrogen (secondary N) is 4. The van der Waals surface area contributed by atoms with Crippen LogP contribution in [0.3, 0.4) is 0 Å². The summed E-state index contributed by atoms with van der Waals surface area (Å²) in [6.07, 6.45) is -2.44. The molecule has 11 heteroatoms. The van der Waals surface area contributed by atoms with Gasteiger partial charge < -0.3 is 30.7 Å². The molecule has 5 rings (SSSR count). The van der Waals surface area contributed by atoms with E-state index in [-0.39, 0.29) is 37.4 Å². The van der Waals surface area contributed by atoms with Gasteiger partial charge in [-0.15, -0.1) is 12.4 Å². The van der Waals surface area contributed by atoms with Crippen LogP contribution in [0.4, 0.5) is 17.1 Å². The lowest BCUT2D eigenvalue weighted by molar-refractivity contribution is -0.150.